The van der Waals surface area contributed by atoms with Crippen molar-refractivity contribution in [2.24, 2.45) is 0 Å². The number of carbonyl (C=O) groups excluding carboxylic acids is 2. The van der Waals surface area contributed by atoms with Gasteiger partial charge in [-0.2, -0.15) is 0 Å². The van der Waals surface area contributed by atoms with Crippen LogP contribution in [-0.4, -0.2) is 17.7 Å². The SMILES string of the molecule is Cc1ccc(CNC(=O)c2ccccc2NC(=O)CCl)cc1. The lowest BCUT2D eigenvalue weighted by molar-refractivity contribution is -0.113. The number of hydrogen-bond acceptors (Lipinski definition) is 2. The molecule has 0 aliphatic rings. The smallest absolute Gasteiger partial charge is 0.253 e. The molecule has 0 aliphatic carbocycles. The minimum Gasteiger partial charge on any atom is -0.348 e. The summed E-state index contributed by atoms with van der Waals surface area (Å²) in [6, 6.07) is 14.8. The van der Waals surface area contributed by atoms with E-state index in [1.807, 2.05) is 31.2 Å². The average molecular weight is 317 g/mol. The van der Waals surface area contributed by atoms with Crippen molar-refractivity contribution >= 4 is 29.1 Å². The minimum absolute atomic E-state index is 0.153. The van der Waals surface area contributed by atoms with Crippen molar-refractivity contribution in [1.82, 2.24) is 5.32 Å². The van der Waals surface area contributed by atoms with Crippen molar-refractivity contribution < 1.29 is 9.59 Å². The lowest BCUT2D eigenvalue weighted by atomic mass is 10.1. The maximum absolute atomic E-state index is 12.3. The summed E-state index contributed by atoms with van der Waals surface area (Å²) >= 11 is 5.48. The summed E-state index contributed by atoms with van der Waals surface area (Å²) in [4.78, 5) is 23.7. The molecule has 2 aromatic carbocycles. The summed E-state index contributed by atoms with van der Waals surface area (Å²) in [6.07, 6.45) is 0. The van der Waals surface area contributed by atoms with Crippen LogP contribution >= 0.6 is 11.6 Å². The Balaban J connectivity index is 2.06. The largest absolute Gasteiger partial charge is 0.348 e. The van der Waals surface area contributed by atoms with Crippen molar-refractivity contribution in [2.75, 3.05) is 11.2 Å². The fourth-order valence-corrected chi connectivity index (χ4v) is 2.02. The third-order valence-electron chi connectivity index (χ3n) is 3.14. The van der Waals surface area contributed by atoms with Crippen LogP contribution in [0.4, 0.5) is 5.69 Å². The molecule has 2 amide bonds. The van der Waals surface area contributed by atoms with E-state index in [1.54, 1.807) is 24.3 Å². The maximum Gasteiger partial charge on any atom is 0.253 e. The number of halogens is 1. The molecule has 5 heteroatoms. The lowest BCUT2D eigenvalue weighted by Crippen LogP contribution is -2.25. The summed E-state index contributed by atoms with van der Waals surface area (Å²) in [5.41, 5.74) is 3.05. The molecule has 0 saturated carbocycles. The Morgan fingerprint density at radius 2 is 1.73 bits per heavy atom. The van der Waals surface area contributed by atoms with Crippen LogP contribution in [0.2, 0.25) is 0 Å². The summed E-state index contributed by atoms with van der Waals surface area (Å²) in [6.45, 7) is 2.44. The van der Waals surface area contributed by atoms with Gasteiger partial charge in [0.05, 0.1) is 11.3 Å². The Bertz CT molecular complexity index is 669. The molecule has 2 N–H and O–H groups in total. The van der Waals surface area contributed by atoms with Crippen LogP contribution in [0.1, 0.15) is 21.5 Å². The van der Waals surface area contributed by atoms with E-state index in [-0.39, 0.29) is 17.7 Å². The van der Waals surface area contributed by atoms with Crippen LogP contribution in [-0.2, 0) is 11.3 Å². The molecule has 2 rings (SSSR count). The van der Waals surface area contributed by atoms with E-state index in [1.165, 1.54) is 5.56 Å². The fraction of sp³-hybridized carbons (Fsp3) is 0.176. The molecule has 0 saturated heterocycles. The number of rotatable bonds is 5. The predicted molar refractivity (Wildman–Crippen MR) is 88.1 cm³/mol. The highest BCUT2D eigenvalue weighted by Gasteiger charge is 2.12. The molecule has 22 heavy (non-hydrogen) atoms. The van der Waals surface area contributed by atoms with E-state index in [0.29, 0.717) is 17.8 Å². The number of para-hydroxylation sites is 1. The molecule has 0 fully saturated rings. The molecule has 0 aromatic heterocycles. The minimum atomic E-state index is -0.347. The Morgan fingerprint density at radius 3 is 2.41 bits per heavy atom. The molecule has 114 valence electrons. The van der Waals surface area contributed by atoms with Gasteiger partial charge in [0.2, 0.25) is 5.91 Å². The van der Waals surface area contributed by atoms with Crippen molar-refractivity contribution in [3.63, 3.8) is 0 Å². The van der Waals surface area contributed by atoms with Gasteiger partial charge in [-0.25, -0.2) is 0 Å². The summed E-state index contributed by atoms with van der Waals surface area (Å²) in [7, 11) is 0. The first-order chi connectivity index (χ1) is 10.6. The Hall–Kier alpha value is -2.33. The highest BCUT2D eigenvalue weighted by Crippen LogP contribution is 2.15. The quantitative estimate of drug-likeness (QED) is 0.833. The van der Waals surface area contributed by atoms with Gasteiger partial charge in [0.1, 0.15) is 5.88 Å². The Morgan fingerprint density at radius 1 is 1.05 bits per heavy atom. The van der Waals surface area contributed by atoms with E-state index >= 15 is 0 Å². The van der Waals surface area contributed by atoms with E-state index in [9.17, 15) is 9.59 Å². The molecule has 0 unspecified atom stereocenters. The van der Waals surface area contributed by atoms with E-state index in [2.05, 4.69) is 10.6 Å². The first kappa shape index (κ1) is 16.0. The van der Waals surface area contributed by atoms with Gasteiger partial charge in [-0.3, -0.25) is 9.59 Å². The molecule has 2 aromatic rings. The van der Waals surface area contributed by atoms with Crippen LogP contribution in [0, 0.1) is 6.92 Å². The molecule has 0 bridgehead atoms. The summed E-state index contributed by atoms with van der Waals surface area (Å²) in [5.74, 6) is -0.745. The zero-order valence-corrected chi connectivity index (χ0v) is 13.0. The molecular formula is C17H17ClN2O2. The molecule has 0 heterocycles. The number of amides is 2. The van der Waals surface area contributed by atoms with Gasteiger partial charge in [0.15, 0.2) is 0 Å². The van der Waals surface area contributed by atoms with E-state index < -0.39 is 0 Å². The van der Waals surface area contributed by atoms with Gasteiger partial charge in [0.25, 0.3) is 5.91 Å². The van der Waals surface area contributed by atoms with E-state index in [4.69, 9.17) is 11.6 Å². The Labute approximate surface area is 134 Å². The second-order valence-corrected chi connectivity index (χ2v) is 5.16. The van der Waals surface area contributed by atoms with Crippen LogP contribution in [0.15, 0.2) is 48.5 Å². The normalized spacial score (nSPS) is 10.1. The number of alkyl halides is 1. The van der Waals surface area contributed by atoms with E-state index in [0.717, 1.165) is 5.56 Å². The van der Waals surface area contributed by atoms with Gasteiger partial charge in [0, 0.05) is 6.54 Å². The molecule has 0 atom stereocenters. The zero-order valence-electron chi connectivity index (χ0n) is 12.2. The molecule has 4 nitrogen and oxygen atoms in total. The highest BCUT2D eigenvalue weighted by molar-refractivity contribution is 6.29. The third kappa shape index (κ3) is 4.33. The second-order valence-electron chi connectivity index (χ2n) is 4.90. The summed E-state index contributed by atoms with van der Waals surface area (Å²) < 4.78 is 0. The van der Waals surface area contributed by atoms with Gasteiger partial charge in [-0.1, -0.05) is 42.0 Å². The van der Waals surface area contributed by atoms with Crippen molar-refractivity contribution in [3.8, 4) is 0 Å². The number of anilines is 1. The number of hydrogen-bond donors (Lipinski definition) is 2. The van der Waals surface area contributed by atoms with Crippen LogP contribution in [0.25, 0.3) is 0 Å². The van der Waals surface area contributed by atoms with Gasteiger partial charge >= 0.3 is 0 Å². The predicted octanol–water partition coefficient (Wildman–Crippen LogP) is 3.10. The number of benzene rings is 2. The molecule has 0 spiro atoms. The second kappa shape index (κ2) is 7.61. The number of nitrogens with one attached hydrogen (secondary N) is 2. The van der Waals surface area contributed by atoms with Crippen molar-refractivity contribution in [2.45, 2.75) is 13.5 Å². The lowest BCUT2D eigenvalue weighted by Gasteiger charge is -2.11. The van der Waals surface area contributed by atoms with Crippen LogP contribution in [0.5, 0.6) is 0 Å². The van der Waals surface area contributed by atoms with Gasteiger partial charge in [-0.15, -0.1) is 11.6 Å². The van der Waals surface area contributed by atoms with Gasteiger partial charge < -0.3 is 10.6 Å². The highest BCUT2D eigenvalue weighted by atomic mass is 35.5. The molecule has 0 aliphatic heterocycles. The van der Waals surface area contributed by atoms with Crippen molar-refractivity contribution in [1.29, 1.82) is 0 Å². The van der Waals surface area contributed by atoms with Crippen LogP contribution < -0.4 is 10.6 Å². The third-order valence-corrected chi connectivity index (χ3v) is 3.38. The summed E-state index contributed by atoms with van der Waals surface area (Å²) in [5, 5.41) is 5.46. The number of aryl methyl sites for hydroxylation is 1. The molecular weight excluding hydrogens is 300 g/mol. The monoisotopic (exact) mass is 316 g/mol. The van der Waals surface area contributed by atoms with Gasteiger partial charge in [-0.05, 0) is 24.6 Å². The zero-order chi connectivity index (χ0) is 15.9. The maximum atomic E-state index is 12.3. The first-order valence-electron chi connectivity index (χ1n) is 6.88. The average Bonchev–Trinajstić information content (AvgIpc) is 2.54. The number of carbonyl (C=O) groups is 2. The van der Waals surface area contributed by atoms with Crippen molar-refractivity contribution in [3.05, 3.63) is 65.2 Å². The standard InChI is InChI=1S/C17H17ClN2O2/c1-12-6-8-13(9-7-12)11-19-17(22)14-4-2-3-5-15(14)20-16(21)10-18/h2-9H,10-11H2,1H3,(H,19,22)(H,20,21). The van der Waals surface area contributed by atoms with Crippen LogP contribution in [0.3, 0.4) is 0 Å². The fourth-order valence-electron chi connectivity index (χ4n) is 1.96. The Kier molecular flexibility index (Phi) is 5.55. The topological polar surface area (TPSA) is 58.2 Å². The molecule has 0 radical (unpaired) electrons. The first-order valence-corrected chi connectivity index (χ1v) is 7.42.